The minimum Gasteiger partial charge on any atom is -0.382 e. The third-order valence-electron chi connectivity index (χ3n) is 8.25. The van der Waals surface area contributed by atoms with Crippen LogP contribution in [-0.2, 0) is 0 Å². The maximum atomic E-state index is 13.9. The maximum Gasteiger partial charge on any atom is 0.209 e. The molecule has 0 spiro atoms. The molecule has 4 aromatic rings. The van der Waals surface area contributed by atoms with Crippen LogP contribution in [0, 0.1) is 17.5 Å². The molecule has 0 fully saturated rings. The number of ketones is 2. The Kier molecular flexibility index (Phi) is 10.4. The van der Waals surface area contributed by atoms with Crippen molar-refractivity contribution >= 4 is 34.7 Å². The molecule has 0 unspecified atom stereocenters. The highest BCUT2D eigenvalue weighted by atomic mass is 31.2. The second kappa shape index (κ2) is 14.6. The molecule has 7 heteroatoms. The van der Waals surface area contributed by atoms with Gasteiger partial charge in [0.15, 0.2) is 5.78 Å². The van der Waals surface area contributed by atoms with Crippen LogP contribution in [0.15, 0.2) is 109 Å². The number of carbonyl (C=O) groups excluding carboxylic acids is 2. The van der Waals surface area contributed by atoms with Crippen molar-refractivity contribution in [2.24, 2.45) is 0 Å². The van der Waals surface area contributed by atoms with Crippen molar-refractivity contribution in [1.82, 2.24) is 5.32 Å². The van der Waals surface area contributed by atoms with Crippen molar-refractivity contribution in [2.75, 3.05) is 12.7 Å². The SMILES string of the molecule is O=C1C=C(NCCCCCCCCC[P+](c2ccc(F)cc2)(c2ccc(F)cc2)c2ccc(F)cc2)C(=O)c2ccccc21. The van der Waals surface area contributed by atoms with Gasteiger partial charge in [-0.1, -0.05) is 49.9 Å². The first-order valence-electron chi connectivity index (χ1n) is 15.2. The van der Waals surface area contributed by atoms with E-state index in [1.54, 1.807) is 24.3 Å². The Labute approximate surface area is 257 Å². The predicted molar refractivity (Wildman–Crippen MR) is 173 cm³/mol. The van der Waals surface area contributed by atoms with E-state index in [1.807, 2.05) is 36.4 Å². The van der Waals surface area contributed by atoms with E-state index in [1.165, 1.54) is 42.5 Å². The first-order valence-corrected chi connectivity index (χ1v) is 17.2. The highest BCUT2D eigenvalue weighted by Crippen LogP contribution is 2.56. The molecule has 0 amide bonds. The first-order chi connectivity index (χ1) is 21.4. The van der Waals surface area contributed by atoms with Crippen LogP contribution in [0.3, 0.4) is 0 Å². The number of hydrogen-bond acceptors (Lipinski definition) is 3. The number of unbranched alkanes of at least 4 members (excludes halogenated alkanes) is 6. The van der Waals surface area contributed by atoms with Gasteiger partial charge in [-0.15, -0.1) is 0 Å². The molecule has 0 bridgehead atoms. The zero-order valence-corrected chi connectivity index (χ0v) is 25.5. The van der Waals surface area contributed by atoms with Gasteiger partial charge in [0, 0.05) is 23.7 Å². The molecule has 1 N–H and O–H groups in total. The van der Waals surface area contributed by atoms with Crippen LogP contribution in [0.1, 0.15) is 65.7 Å². The first kappa shape index (κ1) is 31.4. The molecule has 0 aromatic heterocycles. The fourth-order valence-corrected chi connectivity index (χ4v) is 10.3. The molecule has 4 aromatic carbocycles. The fraction of sp³-hybridized carbons (Fsp3) is 0.243. The maximum absolute atomic E-state index is 13.9. The van der Waals surface area contributed by atoms with Crippen LogP contribution in [0.4, 0.5) is 13.2 Å². The summed E-state index contributed by atoms with van der Waals surface area (Å²) in [5.41, 5.74) is 1.27. The van der Waals surface area contributed by atoms with Crippen molar-refractivity contribution in [2.45, 2.75) is 44.9 Å². The molecule has 44 heavy (non-hydrogen) atoms. The lowest BCUT2D eigenvalue weighted by Gasteiger charge is -2.28. The summed E-state index contributed by atoms with van der Waals surface area (Å²) in [5, 5.41) is 6.11. The Hall–Kier alpha value is -4.02. The molecule has 1 aliphatic rings. The van der Waals surface area contributed by atoms with Gasteiger partial charge in [0.05, 0.1) is 11.9 Å². The molecule has 0 radical (unpaired) electrons. The molecule has 0 saturated carbocycles. The van der Waals surface area contributed by atoms with Gasteiger partial charge < -0.3 is 5.32 Å². The smallest absolute Gasteiger partial charge is 0.209 e. The van der Waals surface area contributed by atoms with Crippen LogP contribution in [0.2, 0.25) is 0 Å². The highest BCUT2D eigenvalue weighted by Gasteiger charge is 2.44. The number of halogens is 3. The van der Waals surface area contributed by atoms with Gasteiger partial charge in [-0.25, -0.2) is 13.2 Å². The normalized spacial score (nSPS) is 13.0. The van der Waals surface area contributed by atoms with Crippen LogP contribution in [0.5, 0.6) is 0 Å². The number of nitrogens with one attached hydrogen (secondary N) is 1. The summed E-state index contributed by atoms with van der Waals surface area (Å²) in [7, 11) is -2.29. The topological polar surface area (TPSA) is 46.2 Å². The molecule has 226 valence electrons. The number of hydrogen-bond donors (Lipinski definition) is 1. The molecule has 0 saturated heterocycles. The summed E-state index contributed by atoms with van der Waals surface area (Å²) in [4.78, 5) is 25.0. The molecule has 1 aliphatic carbocycles. The largest absolute Gasteiger partial charge is 0.382 e. The molecule has 0 atom stereocenters. The van der Waals surface area contributed by atoms with Crippen LogP contribution in [0.25, 0.3) is 0 Å². The Morgan fingerprint density at radius 3 is 1.45 bits per heavy atom. The number of fused-ring (bicyclic) bond motifs is 1. The minimum atomic E-state index is -2.29. The van der Waals surface area contributed by atoms with Crippen molar-refractivity contribution in [3.8, 4) is 0 Å². The average Bonchev–Trinajstić information content (AvgIpc) is 3.04. The fourth-order valence-electron chi connectivity index (χ4n) is 5.95. The van der Waals surface area contributed by atoms with Gasteiger partial charge in [-0.3, -0.25) is 9.59 Å². The predicted octanol–water partition coefficient (Wildman–Crippen LogP) is 7.68. The van der Waals surface area contributed by atoms with Gasteiger partial charge >= 0.3 is 0 Å². The molecule has 0 heterocycles. The third kappa shape index (κ3) is 7.19. The lowest BCUT2D eigenvalue weighted by Crippen LogP contribution is -2.33. The van der Waals surface area contributed by atoms with Gasteiger partial charge in [-0.2, -0.15) is 0 Å². The zero-order valence-electron chi connectivity index (χ0n) is 24.6. The summed E-state index contributed by atoms with van der Waals surface area (Å²) in [6, 6.07) is 26.6. The van der Waals surface area contributed by atoms with E-state index in [4.69, 9.17) is 0 Å². The Morgan fingerprint density at radius 2 is 0.955 bits per heavy atom. The second-order valence-corrected chi connectivity index (χ2v) is 14.8. The van der Waals surface area contributed by atoms with Gasteiger partial charge in [-0.05, 0) is 92.1 Å². The van der Waals surface area contributed by atoms with E-state index < -0.39 is 7.26 Å². The van der Waals surface area contributed by atoms with E-state index in [2.05, 4.69) is 5.32 Å². The van der Waals surface area contributed by atoms with Gasteiger partial charge in [0.2, 0.25) is 5.78 Å². The number of Topliss-reactive ketones (excluding diaryl/α,β-unsaturated/α-hetero) is 1. The van der Waals surface area contributed by atoms with E-state index in [0.29, 0.717) is 23.4 Å². The van der Waals surface area contributed by atoms with E-state index in [0.717, 1.165) is 67.0 Å². The number of carbonyl (C=O) groups is 2. The van der Waals surface area contributed by atoms with Crippen LogP contribution < -0.4 is 21.2 Å². The Balaban J connectivity index is 1.14. The van der Waals surface area contributed by atoms with Crippen LogP contribution >= 0.6 is 7.26 Å². The third-order valence-corrected chi connectivity index (χ3v) is 12.8. The molecule has 0 aliphatic heterocycles. The van der Waals surface area contributed by atoms with Crippen molar-refractivity contribution in [1.29, 1.82) is 0 Å². The number of allylic oxidation sites excluding steroid dienone is 2. The van der Waals surface area contributed by atoms with E-state index >= 15 is 0 Å². The number of rotatable bonds is 14. The minimum absolute atomic E-state index is 0.138. The number of benzene rings is 4. The summed E-state index contributed by atoms with van der Waals surface area (Å²) >= 11 is 0. The summed E-state index contributed by atoms with van der Waals surface area (Å²) in [5.74, 6) is -1.24. The standard InChI is InChI=1S/C37H35F3NO2P/c38-27-12-18-30(19-13-27)44(31-20-14-28(39)15-21-31,32-22-16-29(40)17-23-32)25-9-5-3-1-2-4-8-24-41-35-26-36(42)33-10-6-7-11-34(33)37(35)43/h6-7,10-23,26H,1-5,8-9,24-25H2/p+1. The van der Waals surface area contributed by atoms with Crippen LogP contribution in [-0.4, -0.2) is 24.3 Å². The average molecular weight is 615 g/mol. The molecular weight excluding hydrogens is 578 g/mol. The second-order valence-electron chi connectivity index (χ2n) is 11.2. The molecule has 3 nitrogen and oxygen atoms in total. The lowest BCUT2D eigenvalue weighted by atomic mass is 9.93. The van der Waals surface area contributed by atoms with Crippen molar-refractivity contribution < 1.29 is 22.8 Å². The van der Waals surface area contributed by atoms with E-state index in [-0.39, 0.29) is 29.0 Å². The Bertz CT molecular complexity index is 1510. The summed E-state index contributed by atoms with van der Waals surface area (Å²) in [6.07, 6.45) is 9.24. The van der Waals surface area contributed by atoms with Crippen molar-refractivity contribution in [3.63, 3.8) is 0 Å². The summed E-state index contributed by atoms with van der Waals surface area (Å²) < 4.78 is 41.8. The van der Waals surface area contributed by atoms with Crippen molar-refractivity contribution in [3.05, 3.63) is 137 Å². The van der Waals surface area contributed by atoms with Gasteiger partial charge in [0.1, 0.15) is 40.6 Å². The molecule has 5 rings (SSSR count). The highest BCUT2D eigenvalue weighted by molar-refractivity contribution is 7.95. The Morgan fingerprint density at radius 1 is 0.523 bits per heavy atom. The molecular formula is C37H36F3NO2P+. The lowest BCUT2D eigenvalue weighted by molar-refractivity contribution is 0.0978. The van der Waals surface area contributed by atoms with Gasteiger partial charge in [0.25, 0.3) is 0 Å². The van der Waals surface area contributed by atoms with E-state index in [9.17, 15) is 22.8 Å². The quantitative estimate of drug-likeness (QED) is 0.117. The monoisotopic (exact) mass is 614 g/mol. The summed E-state index contributed by atoms with van der Waals surface area (Å²) in [6.45, 7) is 0.632. The zero-order chi connectivity index (χ0) is 30.9.